The van der Waals surface area contributed by atoms with Gasteiger partial charge in [0.2, 0.25) is 0 Å². The molecular weight excluding hydrogens is 250 g/mol. The lowest BCUT2D eigenvalue weighted by Gasteiger charge is -2.27. The molecule has 1 amide bonds. The summed E-state index contributed by atoms with van der Waals surface area (Å²) < 4.78 is 0. The van der Waals surface area contributed by atoms with E-state index in [0.29, 0.717) is 5.92 Å². The number of amides is 1. The monoisotopic (exact) mass is 271 g/mol. The highest BCUT2D eigenvalue weighted by Gasteiger charge is 2.19. The number of aromatic nitrogens is 2. The third-order valence-corrected chi connectivity index (χ3v) is 4.27. The lowest BCUT2D eigenvalue weighted by Crippen LogP contribution is -2.32. The Morgan fingerprint density at radius 3 is 2.95 bits per heavy atom. The van der Waals surface area contributed by atoms with Gasteiger partial charge in [0, 0.05) is 19.2 Å². The topological polar surface area (TPSA) is 49.0 Å². The maximum atomic E-state index is 12.5. The Kier molecular flexibility index (Phi) is 3.72. The molecule has 20 heavy (non-hydrogen) atoms. The van der Waals surface area contributed by atoms with Gasteiger partial charge in [0.15, 0.2) is 0 Å². The average molecular weight is 271 g/mol. The quantitative estimate of drug-likeness (QED) is 0.931. The minimum Gasteiger partial charge on any atom is -0.345 e. The van der Waals surface area contributed by atoms with Gasteiger partial charge in [0.05, 0.1) is 17.4 Å². The van der Waals surface area contributed by atoms with Crippen molar-refractivity contribution >= 4 is 16.9 Å². The van der Waals surface area contributed by atoms with Crippen LogP contribution in [0.4, 0.5) is 0 Å². The molecule has 4 nitrogen and oxygen atoms in total. The van der Waals surface area contributed by atoms with Gasteiger partial charge in [-0.15, -0.1) is 0 Å². The second kappa shape index (κ2) is 5.65. The first-order valence-corrected chi connectivity index (χ1v) is 7.42. The van der Waals surface area contributed by atoms with Gasteiger partial charge in [-0.25, -0.2) is 4.98 Å². The largest absolute Gasteiger partial charge is 0.345 e. The van der Waals surface area contributed by atoms with Crippen LogP contribution in [0.1, 0.15) is 42.5 Å². The molecule has 1 aromatic carbocycles. The van der Waals surface area contributed by atoms with Crippen molar-refractivity contribution in [3.63, 3.8) is 0 Å². The maximum Gasteiger partial charge on any atom is 0.253 e. The Hall–Kier alpha value is -1.84. The van der Waals surface area contributed by atoms with E-state index >= 15 is 0 Å². The van der Waals surface area contributed by atoms with Gasteiger partial charge in [-0.2, -0.15) is 0 Å². The first-order valence-electron chi connectivity index (χ1n) is 7.42. The Labute approximate surface area is 119 Å². The van der Waals surface area contributed by atoms with Gasteiger partial charge < -0.3 is 9.88 Å². The fourth-order valence-electron chi connectivity index (χ4n) is 3.13. The smallest absolute Gasteiger partial charge is 0.253 e. The number of benzene rings is 1. The van der Waals surface area contributed by atoms with E-state index in [1.807, 2.05) is 30.1 Å². The van der Waals surface area contributed by atoms with Crippen LogP contribution in [0.15, 0.2) is 24.5 Å². The van der Waals surface area contributed by atoms with Crippen LogP contribution in [0, 0.1) is 5.92 Å². The zero-order chi connectivity index (χ0) is 13.9. The molecule has 1 aromatic heterocycles. The van der Waals surface area contributed by atoms with Gasteiger partial charge >= 0.3 is 0 Å². The number of H-pyrrole nitrogens is 1. The van der Waals surface area contributed by atoms with Crippen LogP contribution < -0.4 is 0 Å². The van der Waals surface area contributed by atoms with Crippen LogP contribution in [-0.2, 0) is 0 Å². The summed E-state index contributed by atoms with van der Waals surface area (Å²) in [5, 5.41) is 0. The second-order valence-electron chi connectivity index (χ2n) is 5.82. The summed E-state index contributed by atoms with van der Waals surface area (Å²) in [6.45, 7) is 0.875. The van der Waals surface area contributed by atoms with Crippen LogP contribution in [0.2, 0.25) is 0 Å². The number of nitrogens with one attached hydrogen (secondary N) is 1. The van der Waals surface area contributed by atoms with Crippen LogP contribution >= 0.6 is 0 Å². The normalized spacial score (nSPS) is 16.4. The Bertz CT molecular complexity index is 599. The maximum absolute atomic E-state index is 12.5. The van der Waals surface area contributed by atoms with Crippen molar-refractivity contribution in [1.82, 2.24) is 14.9 Å². The lowest BCUT2D eigenvalue weighted by atomic mass is 9.89. The molecule has 1 saturated carbocycles. The van der Waals surface area contributed by atoms with Crippen molar-refractivity contribution < 1.29 is 4.79 Å². The van der Waals surface area contributed by atoms with Crippen LogP contribution in [0.25, 0.3) is 11.0 Å². The highest BCUT2D eigenvalue weighted by atomic mass is 16.2. The molecule has 1 aliphatic rings. The van der Waals surface area contributed by atoms with Crippen LogP contribution in [0.3, 0.4) is 0 Å². The molecule has 0 unspecified atom stereocenters. The van der Waals surface area contributed by atoms with E-state index in [2.05, 4.69) is 9.97 Å². The molecule has 0 spiro atoms. The molecule has 0 saturated heterocycles. The van der Waals surface area contributed by atoms with E-state index < -0.39 is 0 Å². The van der Waals surface area contributed by atoms with Crippen molar-refractivity contribution in [2.24, 2.45) is 5.92 Å². The summed E-state index contributed by atoms with van der Waals surface area (Å²) in [5.41, 5.74) is 2.55. The molecule has 106 valence electrons. The number of fused-ring (bicyclic) bond motifs is 1. The first-order chi connectivity index (χ1) is 9.74. The number of imidazole rings is 1. The number of hydrogen-bond donors (Lipinski definition) is 1. The molecule has 1 fully saturated rings. The summed E-state index contributed by atoms with van der Waals surface area (Å²) in [6.07, 6.45) is 8.16. The van der Waals surface area contributed by atoms with Gasteiger partial charge in [0.25, 0.3) is 5.91 Å². The third-order valence-electron chi connectivity index (χ3n) is 4.27. The van der Waals surface area contributed by atoms with Crippen molar-refractivity contribution in [2.75, 3.05) is 13.6 Å². The van der Waals surface area contributed by atoms with Crippen molar-refractivity contribution in [3.8, 4) is 0 Å². The van der Waals surface area contributed by atoms with Crippen LogP contribution in [0.5, 0.6) is 0 Å². The average Bonchev–Trinajstić information content (AvgIpc) is 2.94. The number of hydrogen-bond acceptors (Lipinski definition) is 2. The Morgan fingerprint density at radius 2 is 2.15 bits per heavy atom. The van der Waals surface area contributed by atoms with Crippen molar-refractivity contribution in [1.29, 1.82) is 0 Å². The minimum atomic E-state index is 0.104. The SMILES string of the molecule is CN(CC1CCCCC1)C(=O)c1ccc2nc[nH]c2c1. The predicted octanol–water partition coefficient (Wildman–Crippen LogP) is 3.22. The van der Waals surface area contributed by atoms with Gasteiger partial charge in [-0.05, 0) is 37.0 Å². The molecule has 0 bridgehead atoms. The summed E-state index contributed by atoms with van der Waals surface area (Å²) in [7, 11) is 1.91. The van der Waals surface area contributed by atoms with Crippen LogP contribution in [-0.4, -0.2) is 34.4 Å². The molecule has 2 aromatic rings. The number of carbonyl (C=O) groups is 1. The molecule has 0 radical (unpaired) electrons. The highest BCUT2D eigenvalue weighted by molar-refractivity contribution is 5.97. The Morgan fingerprint density at radius 1 is 1.35 bits per heavy atom. The van der Waals surface area contributed by atoms with E-state index in [4.69, 9.17) is 0 Å². The minimum absolute atomic E-state index is 0.104. The standard InChI is InChI=1S/C16H21N3O/c1-19(10-12-5-3-2-4-6-12)16(20)13-7-8-14-15(9-13)18-11-17-14/h7-9,11-12H,2-6,10H2,1H3,(H,17,18). The fourth-order valence-corrected chi connectivity index (χ4v) is 3.13. The van der Waals surface area contributed by atoms with E-state index in [1.54, 1.807) is 6.33 Å². The zero-order valence-corrected chi connectivity index (χ0v) is 11.9. The second-order valence-corrected chi connectivity index (χ2v) is 5.82. The van der Waals surface area contributed by atoms with Crippen molar-refractivity contribution in [3.05, 3.63) is 30.1 Å². The zero-order valence-electron chi connectivity index (χ0n) is 11.9. The molecule has 1 aliphatic carbocycles. The molecular formula is C16H21N3O. The summed E-state index contributed by atoms with van der Waals surface area (Å²) in [4.78, 5) is 21.6. The predicted molar refractivity (Wildman–Crippen MR) is 79.6 cm³/mol. The van der Waals surface area contributed by atoms with Crippen molar-refractivity contribution in [2.45, 2.75) is 32.1 Å². The number of rotatable bonds is 3. The van der Waals surface area contributed by atoms with E-state index in [0.717, 1.165) is 23.1 Å². The van der Waals surface area contributed by atoms with Gasteiger partial charge in [0.1, 0.15) is 0 Å². The van der Waals surface area contributed by atoms with Gasteiger partial charge in [-0.1, -0.05) is 19.3 Å². The molecule has 3 rings (SSSR count). The summed E-state index contributed by atoms with van der Waals surface area (Å²) in [6, 6.07) is 5.65. The molecule has 0 atom stereocenters. The van der Waals surface area contributed by atoms with E-state index in [-0.39, 0.29) is 5.91 Å². The Balaban J connectivity index is 1.70. The first kappa shape index (κ1) is 13.2. The number of aromatic amines is 1. The lowest BCUT2D eigenvalue weighted by molar-refractivity contribution is 0.0760. The molecule has 1 N–H and O–H groups in total. The fraction of sp³-hybridized carbons (Fsp3) is 0.500. The highest BCUT2D eigenvalue weighted by Crippen LogP contribution is 2.24. The number of nitrogens with zero attached hydrogens (tertiary/aromatic N) is 2. The summed E-state index contributed by atoms with van der Waals surface area (Å²) >= 11 is 0. The molecule has 1 heterocycles. The van der Waals surface area contributed by atoms with Gasteiger partial charge in [-0.3, -0.25) is 4.79 Å². The van der Waals surface area contributed by atoms with E-state index in [1.165, 1.54) is 32.1 Å². The van der Waals surface area contributed by atoms with E-state index in [9.17, 15) is 4.79 Å². The molecule has 4 heteroatoms. The third kappa shape index (κ3) is 2.69. The molecule has 0 aliphatic heterocycles. The summed E-state index contributed by atoms with van der Waals surface area (Å²) in [5.74, 6) is 0.778. The number of carbonyl (C=O) groups excluding carboxylic acids is 1.